The van der Waals surface area contributed by atoms with Crippen molar-refractivity contribution in [1.82, 2.24) is 10.2 Å². The summed E-state index contributed by atoms with van der Waals surface area (Å²) in [6.45, 7) is 0.381. The summed E-state index contributed by atoms with van der Waals surface area (Å²) >= 11 is 3.33. The summed E-state index contributed by atoms with van der Waals surface area (Å²) in [7, 11) is 3.93. The molecular weight excluding hydrogens is 280 g/mol. The molecule has 3 N–H and O–H groups in total. The number of hydrogen-bond donors (Lipinski definition) is 2. The van der Waals surface area contributed by atoms with Crippen molar-refractivity contribution in [3.05, 3.63) is 0 Å². The third-order valence-electron chi connectivity index (χ3n) is 3.75. The molecule has 0 aromatic carbocycles. The number of aromatic nitrogens is 2. The van der Waals surface area contributed by atoms with Crippen LogP contribution in [0.2, 0.25) is 0 Å². The molecule has 7 heteroatoms. The van der Waals surface area contributed by atoms with Gasteiger partial charge >= 0.3 is 0 Å². The second-order valence-electron chi connectivity index (χ2n) is 5.28. The molecule has 1 aromatic rings. The molecule has 1 aliphatic carbocycles. The molecule has 2 atom stereocenters. The molecule has 0 amide bonds. The maximum absolute atomic E-state index is 10.4. The Hall–Kier alpha value is -0.370. The number of rotatable bonds is 6. The molecule has 0 radical (unpaired) electrons. The van der Waals surface area contributed by atoms with E-state index in [1.54, 1.807) is 23.1 Å². The molecule has 0 bridgehead atoms. The lowest BCUT2D eigenvalue weighted by Gasteiger charge is -2.28. The zero-order valence-electron chi connectivity index (χ0n) is 11.5. The molecule has 0 aliphatic heterocycles. The predicted octanol–water partition coefficient (Wildman–Crippen LogP) is 1.58. The Labute approximate surface area is 122 Å². The second kappa shape index (κ2) is 6.39. The number of nitrogens with two attached hydrogens (primary N) is 1. The topological polar surface area (TPSA) is 75.3 Å². The molecule has 0 saturated heterocycles. The van der Waals surface area contributed by atoms with Gasteiger partial charge in [-0.15, -0.1) is 10.2 Å². The zero-order valence-corrected chi connectivity index (χ0v) is 13.1. The van der Waals surface area contributed by atoms with Crippen LogP contribution in [0.1, 0.15) is 25.7 Å². The Kier molecular flexibility index (Phi) is 5.05. The van der Waals surface area contributed by atoms with Gasteiger partial charge in [-0.05, 0) is 25.2 Å². The Morgan fingerprint density at radius 3 is 2.95 bits per heavy atom. The molecule has 1 saturated carbocycles. The number of nitrogens with zero attached hydrogens (tertiary/aromatic N) is 3. The van der Waals surface area contributed by atoms with Crippen LogP contribution in [0.15, 0.2) is 4.34 Å². The van der Waals surface area contributed by atoms with Gasteiger partial charge in [0.15, 0.2) is 4.34 Å². The van der Waals surface area contributed by atoms with Crippen LogP contribution >= 0.6 is 23.1 Å². The van der Waals surface area contributed by atoms with E-state index in [0.717, 1.165) is 40.9 Å². The summed E-state index contributed by atoms with van der Waals surface area (Å²) in [5.74, 6) is 1.31. The van der Waals surface area contributed by atoms with E-state index in [1.807, 2.05) is 19.0 Å². The van der Waals surface area contributed by atoms with Crippen molar-refractivity contribution < 1.29 is 5.11 Å². The minimum atomic E-state index is -0.628. The molecule has 19 heavy (non-hydrogen) atoms. The molecule has 0 spiro atoms. The van der Waals surface area contributed by atoms with Crippen molar-refractivity contribution >= 4 is 28.2 Å². The molecule has 2 unspecified atom stereocenters. The van der Waals surface area contributed by atoms with E-state index in [0.29, 0.717) is 12.5 Å². The Morgan fingerprint density at radius 2 is 2.32 bits per heavy atom. The van der Waals surface area contributed by atoms with Gasteiger partial charge in [-0.1, -0.05) is 29.5 Å². The van der Waals surface area contributed by atoms with E-state index in [4.69, 9.17) is 5.73 Å². The average Bonchev–Trinajstić information content (AvgIpc) is 2.98. The van der Waals surface area contributed by atoms with Crippen molar-refractivity contribution in [2.75, 3.05) is 31.3 Å². The third kappa shape index (κ3) is 3.59. The highest BCUT2D eigenvalue weighted by atomic mass is 32.2. The number of thioether (sulfide) groups is 1. The van der Waals surface area contributed by atoms with Gasteiger partial charge in [-0.3, -0.25) is 0 Å². The summed E-state index contributed by atoms with van der Waals surface area (Å²) in [5, 5.41) is 19.6. The van der Waals surface area contributed by atoms with Crippen LogP contribution < -0.4 is 10.6 Å². The minimum absolute atomic E-state index is 0.339. The lowest BCUT2D eigenvalue weighted by atomic mass is 9.89. The average molecular weight is 302 g/mol. The number of aliphatic hydroxyl groups is 1. The van der Waals surface area contributed by atoms with E-state index in [9.17, 15) is 5.11 Å². The van der Waals surface area contributed by atoms with Crippen LogP contribution in [0.3, 0.4) is 0 Å². The Morgan fingerprint density at radius 1 is 1.53 bits per heavy atom. The van der Waals surface area contributed by atoms with E-state index >= 15 is 0 Å². The van der Waals surface area contributed by atoms with Crippen molar-refractivity contribution in [2.45, 2.75) is 35.6 Å². The standard InChI is InChI=1S/C12H22N4OS2/c1-16(2)10-14-15-11(19-10)18-7-5-9-4-3-6-12(9,17)8-13/h9,17H,3-8,13H2,1-2H3. The first-order valence-corrected chi connectivity index (χ1v) is 8.41. The highest BCUT2D eigenvalue weighted by molar-refractivity contribution is 8.01. The molecule has 2 rings (SSSR count). The second-order valence-corrected chi connectivity index (χ2v) is 7.58. The maximum atomic E-state index is 10.4. The van der Waals surface area contributed by atoms with Crippen LogP contribution in [0.4, 0.5) is 5.13 Å². The molecular formula is C12H22N4OS2. The molecule has 1 fully saturated rings. The lowest BCUT2D eigenvalue weighted by Crippen LogP contribution is -2.41. The zero-order chi connectivity index (χ0) is 13.9. The van der Waals surface area contributed by atoms with Gasteiger partial charge in [0, 0.05) is 26.4 Å². The smallest absolute Gasteiger partial charge is 0.208 e. The van der Waals surface area contributed by atoms with Crippen molar-refractivity contribution in [3.63, 3.8) is 0 Å². The Balaban J connectivity index is 1.80. The van der Waals surface area contributed by atoms with Crippen LogP contribution in [-0.4, -0.2) is 47.3 Å². The van der Waals surface area contributed by atoms with Crippen molar-refractivity contribution in [2.24, 2.45) is 11.7 Å². The Bertz CT molecular complexity index is 412. The summed E-state index contributed by atoms with van der Waals surface area (Å²) < 4.78 is 0.998. The third-order valence-corrected chi connectivity index (χ3v) is 6.00. The van der Waals surface area contributed by atoms with E-state index < -0.39 is 5.60 Å². The van der Waals surface area contributed by atoms with Gasteiger partial charge in [-0.25, -0.2) is 0 Å². The SMILES string of the molecule is CN(C)c1nnc(SCCC2CCCC2(O)CN)s1. The van der Waals surface area contributed by atoms with Gasteiger partial charge in [0.2, 0.25) is 5.13 Å². The first-order chi connectivity index (χ1) is 9.05. The normalized spacial score (nSPS) is 26.8. The van der Waals surface area contributed by atoms with Gasteiger partial charge in [0.05, 0.1) is 5.60 Å². The predicted molar refractivity (Wildman–Crippen MR) is 80.9 cm³/mol. The molecule has 108 valence electrons. The first kappa shape index (κ1) is 15.0. The fourth-order valence-corrected chi connectivity index (χ4v) is 4.43. The van der Waals surface area contributed by atoms with Gasteiger partial charge < -0.3 is 15.7 Å². The fraction of sp³-hybridized carbons (Fsp3) is 0.833. The van der Waals surface area contributed by atoms with E-state index in [2.05, 4.69) is 10.2 Å². The molecule has 1 heterocycles. The summed E-state index contributed by atoms with van der Waals surface area (Å²) in [5.41, 5.74) is 5.07. The number of anilines is 1. The van der Waals surface area contributed by atoms with E-state index in [-0.39, 0.29) is 0 Å². The van der Waals surface area contributed by atoms with Crippen molar-refractivity contribution in [1.29, 1.82) is 0 Å². The highest BCUT2D eigenvalue weighted by Crippen LogP contribution is 2.38. The largest absolute Gasteiger partial charge is 0.388 e. The van der Waals surface area contributed by atoms with Crippen LogP contribution in [0.25, 0.3) is 0 Å². The lowest BCUT2D eigenvalue weighted by molar-refractivity contribution is 0.0104. The van der Waals surface area contributed by atoms with Gasteiger partial charge in [-0.2, -0.15) is 0 Å². The maximum Gasteiger partial charge on any atom is 0.208 e. The van der Waals surface area contributed by atoms with Gasteiger partial charge in [0.25, 0.3) is 0 Å². The van der Waals surface area contributed by atoms with Crippen LogP contribution in [0, 0.1) is 5.92 Å². The molecule has 1 aromatic heterocycles. The quantitative estimate of drug-likeness (QED) is 0.777. The molecule has 5 nitrogen and oxygen atoms in total. The summed E-state index contributed by atoms with van der Waals surface area (Å²) in [6.07, 6.45) is 4.03. The first-order valence-electron chi connectivity index (χ1n) is 6.61. The van der Waals surface area contributed by atoms with Gasteiger partial charge in [0.1, 0.15) is 0 Å². The summed E-state index contributed by atoms with van der Waals surface area (Å²) in [6, 6.07) is 0. The van der Waals surface area contributed by atoms with Crippen molar-refractivity contribution in [3.8, 4) is 0 Å². The fourth-order valence-electron chi connectivity index (χ4n) is 2.54. The monoisotopic (exact) mass is 302 g/mol. The highest BCUT2D eigenvalue weighted by Gasteiger charge is 2.39. The summed E-state index contributed by atoms with van der Waals surface area (Å²) in [4.78, 5) is 1.96. The minimum Gasteiger partial charge on any atom is -0.388 e. The molecule has 1 aliphatic rings. The number of hydrogen-bond acceptors (Lipinski definition) is 7. The van der Waals surface area contributed by atoms with Crippen LogP contribution in [-0.2, 0) is 0 Å². The van der Waals surface area contributed by atoms with E-state index in [1.165, 1.54) is 0 Å². The van der Waals surface area contributed by atoms with Crippen LogP contribution in [0.5, 0.6) is 0 Å².